The van der Waals surface area contributed by atoms with Crippen molar-refractivity contribution in [1.29, 1.82) is 0 Å². The van der Waals surface area contributed by atoms with Gasteiger partial charge >= 0.3 is 0 Å². The van der Waals surface area contributed by atoms with Gasteiger partial charge in [-0.2, -0.15) is 0 Å². The van der Waals surface area contributed by atoms with Crippen molar-refractivity contribution in [3.8, 4) is 0 Å². The van der Waals surface area contributed by atoms with Gasteiger partial charge in [0.15, 0.2) is 0 Å². The summed E-state index contributed by atoms with van der Waals surface area (Å²) in [6.45, 7) is 1.50. The molecule has 1 amide bonds. The maximum atomic E-state index is 12.3. The third-order valence-electron chi connectivity index (χ3n) is 3.01. The lowest BCUT2D eigenvalue weighted by atomic mass is 10.2. The predicted molar refractivity (Wildman–Crippen MR) is 83.8 cm³/mol. The zero-order chi connectivity index (χ0) is 14.2. The van der Waals surface area contributed by atoms with Gasteiger partial charge in [-0.15, -0.1) is 22.7 Å². The Labute approximate surface area is 127 Å². The van der Waals surface area contributed by atoms with Crippen molar-refractivity contribution in [3.63, 3.8) is 0 Å². The molecular formula is C15H19NO2S2. The van der Waals surface area contributed by atoms with Crippen LogP contribution in [-0.2, 0) is 17.9 Å². The minimum absolute atomic E-state index is 0.156. The Kier molecular flexibility index (Phi) is 6.24. The fourth-order valence-corrected chi connectivity index (χ4v) is 3.40. The average Bonchev–Trinajstić information content (AvgIpc) is 3.11. The molecule has 0 saturated heterocycles. The lowest BCUT2D eigenvalue weighted by Crippen LogP contribution is -2.29. The zero-order valence-electron chi connectivity index (χ0n) is 11.3. The summed E-state index contributed by atoms with van der Waals surface area (Å²) in [6, 6.07) is 8.15. The number of nitrogens with zero attached hydrogens (tertiary/aromatic N) is 1. The van der Waals surface area contributed by atoms with Gasteiger partial charge in [-0.25, -0.2) is 0 Å². The van der Waals surface area contributed by atoms with Crippen molar-refractivity contribution in [2.75, 3.05) is 6.61 Å². The minimum atomic E-state index is 0.156. The molecule has 0 atom stereocenters. The van der Waals surface area contributed by atoms with E-state index in [4.69, 9.17) is 5.11 Å². The fourth-order valence-electron chi connectivity index (χ4n) is 1.96. The lowest BCUT2D eigenvalue weighted by molar-refractivity contribution is -0.132. The van der Waals surface area contributed by atoms with Crippen LogP contribution in [0.2, 0.25) is 0 Å². The quantitative estimate of drug-likeness (QED) is 0.758. The maximum Gasteiger partial charge on any atom is 0.223 e. The molecule has 2 aromatic rings. The van der Waals surface area contributed by atoms with Crippen molar-refractivity contribution < 1.29 is 9.90 Å². The molecule has 0 bridgehead atoms. The minimum Gasteiger partial charge on any atom is -0.396 e. The van der Waals surface area contributed by atoms with Crippen LogP contribution in [0.4, 0.5) is 0 Å². The topological polar surface area (TPSA) is 40.5 Å². The molecule has 0 fully saturated rings. The molecule has 2 aromatic heterocycles. The van der Waals surface area contributed by atoms with Crippen LogP contribution in [0.1, 0.15) is 29.0 Å². The van der Waals surface area contributed by atoms with Gasteiger partial charge in [0.05, 0.1) is 13.1 Å². The van der Waals surface area contributed by atoms with Gasteiger partial charge in [0.1, 0.15) is 0 Å². The fraction of sp³-hybridized carbons (Fsp3) is 0.400. The molecule has 0 aliphatic heterocycles. The normalized spacial score (nSPS) is 10.7. The van der Waals surface area contributed by atoms with Crippen LogP contribution in [-0.4, -0.2) is 22.5 Å². The summed E-state index contributed by atoms with van der Waals surface area (Å²) in [5.41, 5.74) is 0. The second-order valence-corrected chi connectivity index (χ2v) is 6.65. The highest BCUT2D eigenvalue weighted by Gasteiger charge is 2.15. The Morgan fingerprint density at radius 3 is 2.10 bits per heavy atom. The summed E-state index contributed by atoms with van der Waals surface area (Å²) in [7, 11) is 0. The van der Waals surface area contributed by atoms with Crippen molar-refractivity contribution in [1.82, 2.24) is 4.90 Å². The first-order valence-electron chi connectivity index (χ1n) is 6.73. The standard InChI is InChI=1S/C15H19NO2S2/c17-8-2-1-7-15(18)16(11-13-5-3-9-19-13)12-14-6-4-10-20-14/h3-6,9-10,17H,1-2,7-8,11-12H2. The molecule has 2 heterocycles. The van der Waals surface area contributed by atoms with E-state index in [1.54, 1.807) is 22.7 Å². The molecule has 5 heteroatoms. The highest BCUT2D eigenvalue weighted by molar-refractivity contribution is 7.10. The second-order valence-electron chi connectivity index (χ2n) is 4.59. The highest BCUT2D eigenvalue weighted by atomic mass is 32.1. The number of thiophene rings is 2. The summed E-state index contributed by atoms with van der Waals surface area (Å²) in [4.78, 5) is 16.6. The molecular weight excluding hydrogens is 290 g/mol. The van der Waals surface area contributed by atoms with Gasteiger partial charge in [0.25, 0.3) is 0 Å². The van der Waals surface area contributed by atoms with Crippen LogP contribution in [0, 0.1) is 0 Å². The number of hydrogen-bond acceptors (Lipinski definition) is 4. The van der Waals surface area contributed by atoms with Crippen LogP contribution in [0.5, 0.6) is 0 Å². The van der Waals surface area contributed by atoms with E-state index in [0.29, 0.717) is 25.9 Å². The molecule has 0 unspecified atom stereocenters. The number of aliphatic hydroxyl groups is 1. The van der Waals surface area contributed by atoms with Crippen molar-refractivity contribution >= 4 is 28.6 Å². The van der Waals surface area contributed by atoms with Gasteiger partial charge in [0.2, 0.25) is 5.91 Å². The molecule has 20 heavy (non-hydrogen) atoms. The van der Waals surface area contributed by atoms with E-state index >= 15 is 0 Å². The molecule has 0 saturated carbocycles. The van der Waals surface area contributed by atoms with Gasteiger partial charge in [-0.05, 0) is 35.7 Å². The van der Waals surface area contributed by atoms with Crippen molar-refractivity contribution in [2.45, 2.75) is 32.4 Å². The van der Waals surface area contributed by atoms with E-state index in [2.05, 4.69) is 12.1 Å². The molecule has 0 radical (unpaired) electrons. The highest BCUT2D eigenvalue weighted by Crippen LogP contribution is 2.18. The zero-order valence-corrected chi connectivity index (χ0v) is 13.0. The number of carbonyl (C=O) groups excluding carboxylic acids is 1. The first-order chi connectivity index (χ1) is 9.79. The number of rotatable bonds is 8. The largest absolute Gasteiger partial charge is 0.396 e. The summed E-state index contributed by atoms with van der Waals surface area (Å²) in [5, 5.41) is 12.9. The van der Waals surface area contributed by atoms with Gasteiger partial charge in [-0.3, -0.25) is 4.79 Å². The first-order valence-corrected chi connectivity index (χ1v) is 8.49. The average molecular weight is 309 g/mol. The molecule has 3 nitrogen and oxygen atoms in total. The smallest absolute Gasteiger partial charge is 0.223 e. The summed E-state index contributed by atoms with van der Waals surface area (Å²) >= 11 is 3.36. The van der Waals surface area contributed by atoms with Gasteiger partial charge in [-0.1, -0.05) is 12.1 Å². The Hall–Kier alpha value is -1.17. The number of amides is 1. The van der Waals surface area contributed by atoms with E-state index in [0.717, 1.165) is 6.42 Å². The Balaban J connectivity index is 1.97. The molecule has 0 aromatic carbocycles. The summed E-state index contributed by atoms with van der Waals surface area (Å²) < 4.78 is 0. The number of hydrogen-bond donors (Lipinski definition) is 1. The van der Waals surface area contributed by atoms with E-state index in [1.807, 2.05) is 27.8 Å². The molecule has 0 aliphatic rings. The third-order valence-corrected chi connectivity index (χ3v) is 4.73. The van der Waals surface area contributed by atoms with E-state index in [-0.39, 0.29) is 12.5 Å². The lowest BCUT2D eigenvalue weighted by Gasteiger charge is -2.21. The monoisotopic (exact) mass is 309 g/mol. The van der Waals surface area contributed by atoms with Crippen LogP contribution >= 0.6 is 22.7 Å². The number of aliphatic hydroxyl groups excluding tert-OH is 1. The predicted octanol–water partition coefficient (Wildman–Crippen LogP) is 3.50. The Morgan fingerprint density at radius 1 is 1.05 bits per heavy atom. The number of unbranched alkanes of at least 4 members (excludes halogenated alkanes) is 1. The summed E-state index contributed by atoms with van der Waals surface area (Å²) in [6.07, 6.45) is 1.95. The van der Waals surface area contributed by atoms with E-state index in [9.17, 15) is 4.79 Å². The van der Waals surface area contributed by atoms with Gasteiger partial charge < -0.3 is 10.0 Å². The SMILES string of the molecule is O=C(CCCCO)N(Cc1cccs1)Cc1cccs1. The molecule has 0 spiro atoms. The summed E-state index contributed by atoms with van der Waals surface area (Å²) in [5.74, 6) is 0.167. The maximum absolute atomic E-state index is 12.3. The molecule has 2 rings (SSSR count). The van der Waals surface area contributed by atoms with E-state index < -0.39 is 0 Å². The second kappa shape index (κ2) is 8.19. The van der Waals surface area contributed by atoms with Crippen molar-refractivity contribution in [3.05, 3.63) is 44.8 Å². The Bertz CT molecular complexity index is 458. The van der Waals surface area contributed by atoms with Gasteiger partial charge in [0, 0.05) is 22.8 Å². The van der Waals surface area contributed by atoms with E-state index in [1.165, 1.54) is 9.75 Å². The molecule has 1 N–H and O–H groups in total. The van der Waals surface area contributed by atoms with Crippen LogP contribution < -0.4 is 0 Å². The molecule has 108 valence electrons. The third kappa shape index (κ3) is 4.74. The Morgan fingerprint density at radius 2 is 1.65 bits per heavy atom. The van der Waals surface area contributed by atoms with Crippen LogP contribution in [0.15, 0.2) is 35.0 Å². The van der Waals surface area contributed by atoms with Crippen LogP contribution in [0.25, 0.3) is 0 Å². The molecule has 0 aliphatic carbocycles. The van der Waals surface area contributed by atoms with Crippen molar-refractivity contribution in [2.24, 2.45) is 0 Å². The van der Waals surface area contributed by atoms with Crippen LogP contribution in [0.3, 0.4) is 0 Å². The first kappa shape index (κ1) is 15.2. The number of carbonyl (C=O) groups is 1.